The first-order valence-corrected chi connectivity index (χ1v) is 11.0. The minimum atomic E-state index is -0.865. The zero-order valence-corrected chi connectivity index (χ0v) is 15.6. The van der Waals surface area contributed by atoms with Gasteiger partial charge in [-0.1, -0.05) is 37.3 Å². The van der Waals surface area contributed by atoms with Crippen LogP contribution in [0, 0.1) is 0 Å². The molecule has 0 aliphatic carbocycles. The van der Waals surface area contributed by atoms with Crippen molar-refractivity contribution in [2.24, 2.45) is 0 Å². The van der Waals surface area contributed by atoms with Gasteiger partial charge in [0.05, 0.1) is 17.6 Å². The highest BCUT2D eigenvalue weighted by atomic mass is 32.2. The van der Waals surface area contributed by atoms with Crippen molar-refractivity contribution in [2.45, 2.75) is 37.9 Å². The van der Waals surface area contributed by atoms with E-state index in [0.717, 1.165) is 30.4 Å². The standard InChI is InChI=1S/C18H26O3S2/c1-3-18(15-22(19)12-13-23(18)20)10-7-11-21-14-16(2)17-8-5-4-6-9-17/h4-6,8-9,14H,3,7,10-13,15H2,1-2H3/b16-14-. The fourth-order valence-electron chi connectivity index (χ4n) is 2.87. The Morgan fingerprint density at radius 1 is 1.26 bits per heavy atom. The summed E-state index contributed by atoms with van der Waals surface area (Å²) in [6.45, 7) is 4.69. The van der Waals surface area contributed by atoms with Gasteiger partial charge in [-0.05, 0) is 37.3 Å². The van der Waals surface area contributed by atoms with Crippen LogP contribution < -0.4 is 0 Å². The third kappa shape index (κ3) is 5.01. The maximum absolute atomic E-state index is 12.4. The van der Waals surface area contributed by atoms with Crippen LogP contribution in [-0.4, -0.2) is 37.0 Å². The van der Waals surface area contributed by atoms with Gasteiger partial charge >= 0.3 is 0 Å². The lowest BCUT2D eigenvalue weighted by molar-refractivity contribution is 0.237. The Hall–Kier alpha value is -0.940. The van der Waals surface area contributed by atoms with E-state index in [0.29, 0.717) is 23.9 Å². The molecule has 1 aromatic rings. The molecule has 1 aliphatic rings. The average Bonchev–Trinajstić information content (AvgIpc) is 2.58. The molecule has 0 aromatic heterocycles. The van der Waals surface area contributed by atoms with Gasteiger partial charge < -0.3 is 4.74 Å². The quantitative estimate of drug-likeness (QED) is 0.556. The fourth-order valence-corrected chi connectivity index (χ4v) is 7.35. The summed E-state index contributed by atoms with van der Waals surface area (Å²) in [7, 11) is -1.68. The zero-order valence-electron chi connectivity index (χ0n) is 14.0. The third-order valence-electron chi connectivity index (χ3n) is 4.43. The third-order valence-corrected chi connectivity index (χ3v) is 8.58. The molecule has 23 heavy (non-hydrogen) atoms. The Bertz CT molecular complexity index is 583. The van der Waals surface area contributed by atoms with E-state index >= 15 is 0 Å². The van der Waals surface area contributed by atoms with Gasteiger partial charge in [-0.2, -0.15) is 0 Å². The first-order valence-electron chi connectivity index (χ1n) is 8.14. The molecule has 128 valence electrons. The molecule has 0 spiro atoms. The monoisotopic (exact) mass is 354 g/mol. The van der Waals surface area contributed by atoms with Crippen LogP contribution in [0.15, 0.2) is 36.6 Å². The van der Waals surface area contributed by atoms with Gasteiger partial charge in [0.2, 0.25) is 0 Å². The van der Waals surface area contributed by atoms with Crippen molar-refractivity contribution in [1.29, 1.82) is 0 Å². The van der Waals surface area contributed by atoms with Crippen LogP contribution in [0.25, 0.3) is 5.57 Å². The van der Waals surface area contributed by atoms with Crippen molar-refractivity contribution in [2.75, 3.05) is 23.9 Å². The molecule has 3 unspecified atom stereocenters. The summed E-state index contributed by atoms with van der Waals surface area (Å²) < 4.78 is 29.6. The largest absolute Gasteiger partial charge is 0.501 e. The molecule has 5 heteroatoms. The number of rotatable bonds is 7. The first-order chi connectivity index (χ1) is 11.1. The summed E-state index contributed by atoms with van der Waals surface area (Å²) in [5, 5.41) is 0. The van der Waals surface area contributed by atoms with Crippen LogP contribution in [0.2, 0.25) is 0 Å². The summed E-state index contributed by atoms with van der Waals surface area (Å²) in [6, 6.07) is 10.1. The molecule has 2 rings (SSSR count). The lowest BCUT2D eigenvalue weighted by Crippen LogP contribution is -2.46. The van der Waals surface area contributed by atoms with Crippen LogP contribution in [0.4, 0.5) is 0 Å². The van der Waals surface area contributed by atoms with Gasteiger partial charge in [0.25, 0.3) is 0 Å². The highest BCUT2D eigenvalue weighted by molar-refractivity contribution is 7.93. The van der Waals surface area contributed by atoms with Crippen LogP contribution >= 0.6 is 0 Å². The van der Waals surface area contributed by atoms with Crippen molar-refractivity contribution in [3.8, 4) is 0 Å². The number of hydrogen-bond donors (Lipinski definition) is 0. The van der Waals surface area contributed by atoms with Gasteiger partial charge in [0.1, 0.15) is 0 Å². The molecule has 1 aromatic carbocycles. The van der Waals surface area contributed by atoms with E-state index in [1.165, 1.54) is 0 Å². The van der Waals surface area contributed by atoms with Crippen LogP contribution in [0.3, 0.4) is 0 Å². The summed E-state index contributed by atoms with van der Waals surface area (Å²) in [4.78, 5) is 0. The van der Waals surface area contributed by atoms with Gasteiger partial charge in [-0.25, -0.2) is 0 Å². The summed E-state index contributed by atoms with van der Waals surface area (Å²) >= 11 is 0. The minimum absolute atomic E-state index is 0.273. The molecule has 1 aliphatic heterocycles. The molecule has 0 N–H and O–H groups in total. The minimum Gasteiger partial charge on any atom is -0.501 e. The molecular weight excluding hydrogens is 328 g/mol. The Morgan fingerprint density at radius 2 is 2.00 bits per heavy atom. The molecule has 1 saturated heterocycles. The molecule has 3 atom stereocenters. The van der Waals surface area contributed by atoms with E-state index in [1.807, 2.05) is 25.1 Å². The van der Waals surface area contributed by atoms with E-state index < -0.39 is 21.6 Å². The van der Waals surface area contributed by atoms with Gasteiger partial charge in [0, 0.05) is 38.9 Å². The predicted octanol–water partition coefficient (Wildman–Crippen LogP) is 3.50. The van der Waals surface area contributed by atoms with Crippen molar-refractivity contribution >= 4 is 27.2 Å². The Labute approximate surface area is 144 Å². The van der Waals surface area contributed by atoms with E-state index in [2.05, 4.69) is 19.1 Å². The highest BCUT2D eigenvalue weighted by Gasteiger charge is 2.39. The molecule has 0 saturated carbocycles. The lowest BCUT2D eigenvalue weighted by Gasteiger charge is -2.34. The zero-order chi connectivity index (χ0) is 16.7. The second kappa shape index (κ2) is 8.78. The molecule has 3 nitrogen and oxygen atoms in total. The average molecular weight is 355 g/mol. The Morgan fingerprint density at radius 3 is 2.70 bits per heavy atom. The highest BCUT2D eigenvalue weighted by Crippen LogP contribution is 2.30. The van der Waals surface area contributed by atoms with Gasteiger partial charge in [-0.3, -0.25) is 8.42 Å². The predicted molar refractivity (Wildman–Crippen MR) is 99.2 cm³/mol. The lowest BCUT2D eigenvalue weighted by atomic mass is 10.0. The van der Waals surface area contributed by atoms with Crippen molar-refractivity contribution in [1.82, 2.24) is 0 Å². The van der Waals surface area contributed by atoms with Crippen LogP contribution in [0.5, 0.6) is 0 Å². The van der Waals surface area contributed by atoms with Crippen molar-refractivity contribution < 1.29 is 13.2 Å². The molecule has 1 heterocycles. The smallest absolute Gasteiger partial charge is 0.0874 e. The second-order valence-corrected chi connectivity index (χ2v) is 9.56. The van der Waals surface area contributed by atoms with E-state index in [1.54, 1.807) is 6.26 Å². The summed E-state index contributed by atoms with van der Waals surface area (Å²) in [5.41, 5.74) is 2.25. The molecule has 1 fully saturated rings. The van der Waals surface area contributed by atoms with E-state index in [-0.39, 0.29) is 4.75 Å². The van der Waals surface area contributed by atoms with E-state index in [9.17, 15) is 8.42 Å². The normalized spacial score (nSPS) is 28.5. The summed E-state index contributed by atoms with van der Waals surface area (Å²) in [6.07, 6.45) is 4.28. The Balaban J connectivity index is 1.82. The van der Waals surface area contributed by atoms with Crippen molar-refractivity contribution in [3.63, 3.8) is 0 Å². The van der Waals surface area contributed by atoms with E-state index in [4.69, 9.17) is 4.74 Å². The number of ether oxygens (including phenoxy) is 1. The maximum atomic E-state index is 12.4. The number of allylic oxidation sites excluding steroid dienone is 1. The van der Waals surface area contributed by atoms with Gasteiger partial charge in [0.15, 0.2) is 0 Å². The summed E-state index contributed by atoms with van der Waals surface area (Å²) in [5.74, 6) is 1.74. The maximum Gasteiger partial charge on any atom is 0.0874 e. The Kier molecular flexibility index (Phi) is 7.03. The molecule has 0 bridgehead atoms. The first kappa shape index (κ1) is 18.4. The van der Waals surface area contributed by atoms with Crippen LogP contribution in [-0.2, 0) is 26.3 Å². The number of benzene rings is 1. The SMILES string of the molecule is CCC1(CCCO/C=C(/C)c2ccccc2)CS(=O)CCS1=O. The van der Waals surface area contributed by atoms with Crippen molar-refractivity contribution in [3.05, 3.63) is 42.2 Å². The van der Waals surface area contributed by atoms with Gasteiger partial charge in [-0.15, -0.1) is 0 Å². The second-order valence-electron chi connectivity index (χ2n) is 6.02. The fraction of sp³-hybridized carbons (Fsp3) is 0.556. The number of hydrogen-bond acceptors (Lipinski definition) is 3. The molecule has 0 amide bonds. The topological polar surface area (TPSA) is 43.4 Å². The van der Waals surface area contributed by atoms with Crippen LogP contribution in [0.1, 0.15) is 38.7 Å². The molecular formula is C18H26O3S2. The molecule has 0 radical (unpaired) electrons.